The maximum atomic E-state index is 12.5. The van der Waals surface area contributed by atoms with Gasteiger partial charge in [-0.25, -0.2) is 0 Å². The van der Waals surface area contributed by atoms with E-state index < -0.39 is 0 Å². The molecule has 0 unspecified atom stereocenters. The smallest absolute Gasteiger partial charge is 0.225 e. The average molecular weight is 340 g/mol. The van der Waals surface area contributed by atoms with E-state index in [2.05, 4.69) is 10.2 Å². The summed E-state index contributed by atoms with van der Waals surface area (Å²) in [4.78, 5) is 16.7. The molecule has 0 radical (unpaired) electrons. The molecular weight excluding hydrogens is 313 g/mol. The lowest BCUT2D eigenvalue weighted by molar-refractivity contribution is -0.135. The van der Waals surface area contributed by atoms with Gasteiger partial charge in [-0.3, -0.25) is 9.69 Å². The van der Waals surface area contributed by atoms with Gasteiger partial charge in [0.2, 0.25) is 5.91 Å². The number of piperidine rings is 1. The van der Waals surface area contributed by atoms with E-state index in [0.29, 0.717) is 6.54 Å². The number of rotatable bonds is 2. The molecule has 0 aliphatic carbocycles. The van der Waals surface area contributed by atoms with E-state index in [0.717, 1.165) is 45.6 Å². The molecule has 3 saturated heterocycles. The maximum absolute atomic E-state index is 12.5. The van der Waals surface area contributed by atoms with Crippen molar-refractivity contribution >= 4 is 30.7 Å². The number of aliphatic hydroxyl groups is 1. The van der Waals surface area contributed by atoms with Gasteiger partial charge >= 0.3 is 0 Å². The van der Waals surface area contributed by atoms with Crippen LogP contribution in [0.4, 0.5) is 0 Å². The van der Waals surface area contributed by atoms with Crippen molar-refractivity contribution in [2.24, 2.45) is 5.92 Å². The van der Waals surface area contributed by atoms with Crippen LogP contribution in [-0.2, 0) is 4.79 Å². The third-order valence-electron chi connectivity index (χ3n) is 4.87. The molecule has 0 aromatic rings. The predicted molar refractivity (Wildman–Crippen MR) is 87.3 cm³/mol. The lowest BCUT2D eigenvalue weighted by atomic mass is 9.97. The second kappa shape index (κ2) is 8.53. The van der Waals surface area contributed by atoms with E-state index in [4.69, 9.17) is 0 Å². The molecule has 7 heteroatoms. The molecule has 2 N–H and O–H groups in total. The third-order valence-corrected chi connectivity index (χ3v) is 4.87. The SMILES string of the molecule is Cl.Cl.O=C(C1CCNCC1)N1C[C@H](O)[C@@H](N2CCCC2)C1. The van der Waals surface area contributed by atoms with E-state index in [9.17, 15) is 9.90 Å². The molecule has 0 spiro atoms. The zero-order valence-corrected chi connectivity index (χ0v) is 14.0. The van der Waals surface area contributed by atoms with Crippen LogP contribution >= 0.6 is 24.8 Å². The summed E-state index contributed by atoms with van der Waals surface area (Å²) in [6.45, 7) is 5.31. The van der Waals surface area contributed by atoms with Gasteiger partial charge < -0.3 is 15.3 Å². The highest BCUT2D eigenvalue weighted by molar-refractivity contribution is 5.85. The second-order valence-corrected chi connectivity index (χ2v) is 6.15. The lowest BCUT2D eigenvalue weighted by Gasteiger charge is -2.28. The highest BCUT2D eigenvalue weighted by Gasteiger charge is 2.40. The Morgan fingerprint density at radius 3 is 2.29 bits per heavy atom. The Balaban J connectivity index is 0.00000110. The number of nitrogens with one attached hydrogen (secondary N) is 1. The van der Waals surface area contributed by atoms with Crippen LogP contribution in [0.1, 0.15) is 25.7 Å². The number of carbonyl (C=O) groups is 1. The van der Waals surface area contributed by atoms with Crippen molar-refractivity contribution in [2.75, 3.05) is 39.3 Å². The van der Waals surface area contributed by atoms with E-state index in [-0.39, 0.29) is 48.8 Å². The largest absolute Gasteiger partial charge is 0.390 e. The van der Waals surface area contributed by atoms with Gasteiger partial charge in [0, 0.05) is 19.0 Å². The second-order valence-electron chi connectivity index (χ2n) is 6.15. The Labute approximate surface area is 139 Å². The van der Waals surface area contributed by atoms with Gasteiger partial charge in [0.05, 0.1) is 12.1 Å². The van der Waals surface area contributed by atoms with Gasteiger partial charge in [0.1, 0.15) is 0 Å². The van der Waals surface area contributed by atoms with E-state index in [1.54, 1.807) is 0 Å². The molecule has 3 aliphatic heterocycles. The van der Waals surface area contributed by atoms with Gasteiger partial charge in [-0.1, -0.05) is 0 Å². The van der Waals surface area contributed by atoms with Crippen molar-refractivity contribution in [2.45, 2.75) is 37.8 Å². The normalized spacial score (nSPS) is 30.8. The Hall–Kier alpha value is -0.0700. The van der Waals surface area contributed by atoms with Crippen molar-refractivity contribution in [3.05, 3.63) is 0 Å². The minimum atomic E-state index is -0.358. The van der Waals surface area contributed by atoms with Crippen LogP contribution in [0.2, 0.25) is 0 Å². The molecule has 0 aromatic carbocycles. The minimum absolute atomic E-state index is 0. The first kappa shape index (κ1) is 19.0. The van der Waals surface area contributed by atoms with Crippen LogP contribution in [0.3, 0.4) is 0 Å². The molecule has 21 heavy (non-hydrogen) atoms. The topological polar surface area (TPSA) is 55.8 Å². The third kappa shape index (κ3) is 4.23. The average Bonchev–Trinajstić information content (AvgIpc) is 3.08. The molecule has 0 bridgehead atoms. The first-order chi connectivity index (χ1) is 9.25. The van der Waals surface area contributed by atoms with Crippen molar-refractivity contribution in [3.63, 3.8) is 0 Å². The van der Waals surface area contributed by atoms with Crippen LogP contribution in [0, 0.1) is 5.92 Å². The number of carbonyl (C=O) groups excluding carboxylic acids is 1. The van der Waals surface area contributed by atoms with Crippen molar-refractivity contribution in [1.29, 1.82) is 0 Å². The fourth-order valence-electron chi connectivity index (χ4n) is 3.71. The van der Waals surface area contributed by atoms with E-state index >= 15 is 0 Å². The highest BCUT2D eigenvalue weighted by atomic mass is 35.5. The number of β-amino-alcohol motifs (C(OH)–C–C–N with tert-alkyl or cyclic N) is 1. The van der Waals surface area contributed by atoms with E-state index in [1.807, 2.05) is 4.90 Å². The molecule has 0 saturated carbocycles. The summed E-state index contributed by atoms with van der Waals surface area (Å²) >= 11 is 0. The van der Waals surface area contributed by atoms with Crippen molar-refractivity contribution in [3.8, 4) is 0 Å². The standard InChI is InChI=1S/C14H25N3O2.2ClH/c18-13-10-17(9-12(13)16-7-1-2-8-16)14(19)11-3-5-15-6-4-11;;/h11-13,15,18H,1-10H2;2*1H/t12-,13-;;/m0../s1. The summed E-state index contributed by atoms with van der Waals surface area (Å²) in [5, 5.41) is 13.5. The number of hydrogen-bond donors (Lipinski definition) is 2. The number of nitrogens with zero attached hydrogens (tertiary/aromatic N) is 2. The first-order valence-electron chi connectivity index (χ1n) is 7.67. The van der Waals surface area contributed by atoms with Crippen molar-refractivity contribution in [1.82, 2.24) is 15.1 Å². The minimum Gasteiger partial charge on any atom is -0.390 e. The van der Waals surface area contributed by atoms with Crippen LogP contribution in [0.25, 0.3) is 0 Å². The number of amides is 1. The zero-order valence-electron chi connectivity index (χ0n) is 12.4. The molecule has 3 aliphatic rings. The monoisotopic (exact) mass is 339 g/mol. The summed E-state index contributed by atoms with van der Waals surface area (Å²) in [6, 6.07) is 0.174. The summed E-state index contributed by atoms with van der Waals surface area (Å²) in [6.07, 6.45) is 3.99. The molecular formula is C14H27Cl2N3O2. The molecule has 3 fully saturated rings. The highest BCUT2D eigenvalue weighted by Crippen LogP contribution is 2.24. The van der Waals surface area contributed by atoms with Crippen LogP contribution < -0.4 is 5.32 Å². The molecule has 124 valence electrons. The van der Waals surface area contributed by atoms with Crippen LogP contribution in [0.15, 0.2) is 0 Å². The maximum Gasteiger partial charge on any atom is 0.225 e. The number of hydrogen-bond acceptors (Lipinski definition) is 4. The van der Waals surface area contributed by atoms with Gasteiger partial charge in [-0.2, -0.15) is 0 Å². The fourth-order valence-corrected chi connectivity index (χ4v) is 3.71. The summed E-state index contributed by atoms with van der Waals surface area (Å²) < 4.78 is 0. The van der Waals surface area contributed by atoms with Gasteiger partial charge in [0.25, 0.3) is 0 Å². The predicted octanol–water partition coefficient (Wildman–Crippen LogP) is 0.497. The number of halogens is 2. The van der Waals surface area contributed by atoms with E-state index in [1.165, 1.54) is 12.8 Å². The van der Waals surface area contributed by atoms with Gasteiger partial charge in [-0.15, -0.1) is 24.8 Å². The first-order valence-corrected chi connectivity index (χ1v) is 7.67. The number of aliphatic hydroxyl groups excluding tert-OH is 1. The molecule has 2 atom stereocenters. The molecule has 5 nitrogen and oxygen atoms in total. The molecule has 3 heterocycles. The Bertz CT molecular complexity index is 334. The summed E-state index contributed by atoms with van der Waals surface area (Å²) in [5.74, 6) is 0.438. The van der Waals surface area contributed by atoms with Crippen LogP contribution in [0.5, 0.6) is 0 Å². The summed E-state index contributed by atoms with van der Waals surface area (Å²) in [7, 11) is 0. The molecule has 0 aromatic heterocycles. The number of likely N-dealkylation sites (tertiary alicyclic amines) is 2. The molecule has 3 rings (SSSR count). The fraction of sp³-hybridized carbons (Fsp3) is 0.929. The zero-order chi connectivity index (χ0) is 13.2. The van der Waals surface area contributed by atoms with Gasteiger partial charge in [-0.05, 0) is 51.9 Å². The Morgan fingerprint density at radius 1 is 1.05 bits per heavy atom. The quantitative estimate of drug-likeness (QED) is 0.769. The summed E-state index contributed by atoms with van der Waals surface area (Å²) in [5.41, 5.74) is 0. The van der Waals surface area contributed by atoms with Crippen molar-refractivity contribution < 1.29 is 9.90 Å². The van der Waals surface area contributed by atoms with Crippen LogP contribution in [-0.4, -0.2) is 72.2 Å². The molecule has 1 amide bonds. The Kier molecular flexibility index (Phi) is 7.71. The van der Waals surface area contributed by atoms with Gasteiger partial charge in [0.15, 0.2) is 0 Å². The Morgan fingerprint density at radius 2 is 1.67 bits per heavy atom. The lowest BCUT2D eigenvalue weighted by Crippen LogP contribution is -2.43.